The molecular weight excluding hydrogens is 136 g/mol. The van der Waals surface area contributed by atoms with Crippen LogP contribution in [0.5, 0.6) is 0 Å². The van der Waals surface area contributed by atoms with Crippen molar-refractivity contribution in [3.05, 3.63) is 22.8 Å². The molecule has 1 atom stereocenters. The first-order chi connectivity index (χ1) is 5.04. The molecule has 1 rings (SSSR count). The summed E-state index contributed by atoms with van der Waals surface area (Å²) in [5.74, 6) is 0.391. The van der Waals surface area contributed by atoms with Gasteiger partial charge in [-0.05, 0) is 20.8 Å². The molecule has 1 nitrogen and oxygen atoms in total. The second kappa shape index (κ2) is 2.65. The van der Waals surface area contributed by atoms with Crippen LogP contribution >= 0.6 is 0 Å². The Bertz CT molecular complexity index is 252. The van der Waals surface area contributed by atoms with Crippen LogP contribution in [0.3, 0.4) is 0 Å². The van der Waals surface area contributed by atoms with Crippen molar-refractivity contribution in [3.63, 3.8) is 0 Å². The fraction of sp³-hybridized carbons (Fsp3) is 0.500. The van der Waals surface area contributed by atoms with Crippen LogP contribution in [0.4, 0.5) is 0 Å². The van der Waals surface area contributed by atoms with E-state index in [4.69, 9.17) is 0 Å². The minimum absolute atomic E-state index is 0.111. The van der Waals surface area contributed by atoms with Crippen molar-refractivity contribution in [2.75, 3.05) is 0 Å². The molecule has 1 aliphatic rings. The average Bonchev–Trinajstić information content (AvgIpc) is 2.17. The zero-order valence-corrected chi connectivity index (χ0v) is 7.56. The minimum atomic E-state index is 0.111. The highest BCUT2D eigenvalue weighted by Crippen LogP contribution is 2.27. The molecule has 0 spiro atoms. The predicted molar refractivity (Wildman–Crippen MR) is 46.3 cm³/mol. The van der Waals surface area contributed by atoms with Crippen LogP contribution in [-0.2, 0) is 4.79 Å². The smallest absolute Gasteiger partial charge is 0.169 e. The molecule has 0 radical (unpaired) electrons. The van der Waals surface area contributed by atoms with Gasteiger partial charge in [0.2, 0.25) is 0 Å². The van der Waals surface area contributed by atoms with Gasteiger partial charge in [-0.2, -0.15) is 0 Å². The molecule has 0 heterocycles. The van der Waals surface area contributed by atoms with Crippen LogP contribution in [0.2, 0.25) is 0 Å². The van der Waals surface area contributed by atoms with Gasteiger partial charge in [0.05, 0.1) is 0 Å². The molecule has 1 aliphatic carbocycles. The summed E-state index contributed by atoms with van der Waals surface area (Å²) in [5, 5.41) is 0. The average molecular weight is 150 g/mol. The second-order valence-corrected chi connectivity index (χ2v) is 3.39. The quantitative estimate of drug-likeness (QED) is 0.485. The zero-order valence-electron chi connectivity index (χ0n) is 7.56. The van der Waals surface area contributed by atoms with Crippen molar-refractivity contribution in [1.29, 1.82) is 0 Å². The van der Waals surface area contributed by atoms with Gasteiger partial charge in [-0.1, -0.05) is 24.1 Å². The maximum absolute atomic E-state index is 11.4. The molecule has 1 heteroatoms. The molecule has 0 saturated carbocycles. The lowest BCUT2D eigenvalue weighted by atomic mass is 10.0. The van der Waals surface area contributed by atoms with E-state index >= 15 is 0 Å². The van der Waals surface area contributed by atoms with E-state index in [1.807, 2.05) is 33.8 Å². The van der Waals surface area contributed by atoms with Gasteiger partial charge in [0.1, 0.15) is 0 Å². The van der Waals surface area contributed by atoms with Crippen LogP contribution in [0.25, 0.3) is 0 Å². The predicted octanol–water partition coefficient (Wildman–Crippen LogP) is 2.49. The molecular formula is C10H14O. The van der Waals surface area contributed by atoms with Gasteiger partial charge in [0.15, 0.2) is 5.78 Å². The van der Waals surface area contributed by atoms with Crippen LogP contribution in [-0.4, -0.2) is 5.78 Å². The third-order valence-electron chi connectivity index (χ3n) is 2.25. The molecule has 0 aromatic rings. The summed E-state index contributed by atoms with van der Waals surface area (Å²) in [6.07, 6.45) is 2.00. The zero-order chi connectivity index (χ0) is 8.59. The topological polar surface area (TPSA) is 17.1 Å². The van der Waals surface area contributed by atoms with Gasteiger partial charge >= 0.3 is 0 Å². The monoisotopic (exact) mass is 150 g/mol. The number of ketones is 1. The Balaban J connectivity index is 3.09. The molecule has 60 valence electrons. The molecule has 0 saturated heterocycles. The molecule has 11 heavy (non-hydrogen) atoms. The Morgan fingerprint density at radius 3 is 2.18 bits per heavy atom. The fourth-order valence-electron chi connectivity index (χ4n) is 1.25. The van der Waals surface area contributed by atoms with Crippen molar-refractivity contribution < 1.29 is 4.79 Å². The number of Topliss-reactive ketones (excluding diaryl/α,β-unsaturated/α-hetero) is 1. The molecule has 0 aromatic heterocycles. The SMILES string of the molecule is CC1=CC(=C(C)C)C(=O)[C@@H]1C. The van der Waals surface area contributed by atoms with E-state index in [9.17, 15) is 4.79 Å². The van der Waals surface area contributed by atoms with E-state index in [2.05, 4.69) is 0 Å². The van der Waals surface area contributed by atoms with E-state index < -0.39 is 0 Å². The summed E-state index contributed by atoms with van der Waals surface area (Å²) in [6, 6.07) is 0. The maximum Gasteiger partial charge on any atom is 0.169 e. The number of carbonyl (C=O) groups is 1. The van der Waals surface area contributed by atoms with Crippen LogP contribution in [0.1, 0.15) is 27.7 Å². The highest BCUT2D eigenvalue weighted by atomic mass is 16.1. The molecule has 0 aromatic carbocycles. The first-order valence-corrected chi connectivity index (χ1v) is 3.94. The Morgan fingerprint density at radius 2 is 2.00 bits per heavy atom. The van der Waals surface area contributed by atoms with Crippen molar-refractivity contribution in [1.82, 2.24) is 0 Å². The molecule has 0 fully saturated rings. The highest BCUT2D eigenvalue weighted by molar-refractivity contribution is 6.04. The first kappa shape index (κ1) is 8.25. The molecule has 0 amide bonds. The molecule has 0 aliphatic heterocycles. The van der Waals surface area contributed by atoms with Gasteiger partial charge in [-0.25, -0.2) is 0 Å². The summed E-state index contributed by atoms with van der Waals surface area (Å²) in [5.41, 5.74) is 3.22. The number of allylic oxidation sites excluding steroid dienone is 4. The van der Waals surface area contributed by atoms with Gasteiger partial charge < -0.3 is 0 Å². The summed E-state index contributed by atoms with van der Waals surface area (Å²) >= 11 is 0. The summed E-state index contributed by atoms with van der Waals surface area (Å²) in [6.45, 7) is 7.94. The van der Waals surface area contributed by atoms with E-state index in [0.717, 1.165) is 11.1 Å². The molecule has 0 bridgehead atoms. The van der Waals surface area contributed by atoms with Crippen LogP contribution < -0.4 is 0 Å². The number of carbonyl (C=O) groups excluding carboxylic acids is 1. The van der Waals surface area contributed by atoms with E-state index in [0.29, 0.717) is 0 Å². The Hall–Kier alpha value is -0.850. The number of hydrogen-bond acceptors (Lipinski definition) is 1. The van der Waals surface area contributed by atoms with E-state index in [-0.39, 0.29) is 11.7 Å². The molecule has 0 N–H and O–H groups in total. The summed E-state index contributed by atoms with van der Waals surface area (Å²) in [7, 11) is 0. The third-order valence-corrected chi connectivity index (χ3v) is 2.25. The summed E-state index contributed by atoms with van der Waals surface area (Å²) < 4.78 is 0. The van der Waals surface area contributed by atoms with Crippen molar-refractivity contribution >= 4 is 5.78 Å². The largest absolute Gasteiger partial charge is 0.294 e. The van der Waals surface area contributed by atoms with E-state index in [1.54, 1.807) is 0 Å². The Kier molecular flexibility index (Phi) is 1.99. The van der Waals surface area contributed by atoms with Crippen molar-refractivity contribution in [2.45, 2.75) is 27.7 Å². The maximum atomic E-state index is 11.4. The standard InChI is InChI=1S/C10H14O/c1-6(2)9-5-7(3)8(4)10(9)11/h5,8H,1-4H3/t8-/m1/s1. The normalized spacial score (nSPS) is 24.0. The van der Waals surface area contributed by atoms with Gasteiger partial charge in [-0.3, -0.25) is 4.79 Å². The Labute approximate surface area is 67.8 Å². The Morgan fingerprint density at radius 1 is 1.45 bits per heavy atom. The lowest BCUT2D eigenvalue weighted by Gasteiger charge is -2.00. The van der Waals surface area contributed by atoms with Crippen molar-refractivity contribution in [3.8, 4) is 0 Å². The summed E-state index contributed by atoms with van der Waals surface area (Å²) in [4.78, 5) is 11.4. The highest BCUT2D eigenvalue weighted by Gasteiger charge is 2.24. The van der Waals surface area contributed by atoms with Crippen LogP contribution in [0.15, 0.2) is 22.8 Å². The molecule has 0 unspecified atom stereocenters. The van der Waals surface area contributed by atoms with Gasteiger partial charge in [0.25, 0.3) is 0 Å². The minimum Gasteiger partial charge on any atom is -0.294 e. The second-order valence-electron chi connectivity index (χ2n) is 3.39. The fourth-order valence-corrected chi connectivity index (χ4v) is 1.25. The first-order valence-electron chi connectivity index (χ1n) is 3.94. The van der Waals surface area contributed by atoms with Crippen LogP contribution in [0, 0.1) is 5.92 Å². The third kappa shape index (κ3) is 1.28. The van der Waals surface area contributed by atoms with E-state index in [1.165, 1.54) is 5.57 Å². The number of rotatable bonds is 0. The van der Waals surface area contributed by atoms with Gasteiger partial charge in [0, 0.05) is 11.5 Å². The van der Waals surface area contributed by atoms with Gasteiger partial charge in [-0.15, -0.1) is 0 Å². The lowest BCUT2D eigenvalue weighted by molar-refractivity contribution is -0.116. The van der Waals surface area contributed by atoms with Crippen molar-refractivity contribution in [2.24, 2.45) is 5.92 Å². The number of hydrogen-bond donors (Lipinski definition) is 0. The lowest BCUT2D eigenvalue weighted by Crippen LogP contribution is -2.06.